The first-order valence-electron chi connectivity index (χ1n) is 0. The van der Waals surface area contributed by atoms with Crippen LogP contribution in [0.15, 0.2) is 0 Å². The maximum Gasteiger partial charge on any atom is 2.00 e. The van der Waals surface area contributed by atoms with Crippen LogP contribution in [0.2, 0.25) is 0 Å². The standard InChI is InChI=1S/Cr.2FH.Mg.2H/h;2*1H;;;/q;;;+2;2*-1. The summed E-state index contributed by atoms with van der Waals surface area (Å²) in [6.45, 7) is 0. The Kier molecular flexibility index (Phi) is 513. The van der Waals surface area contributed by atoms with E-state index < -0.39 is 0 Å². The Labute approximate surface area is 52.9 Å². The zero-order chi connectivity index (χ0) is 0. The maximum atomic E-state index is 0. The van der Waals surface area contributed by atoms with Gasteiger partial charge in [-0.3, -0.25) is 9.41 Å². The average molecular weight is 118 g/mol. The molecule has 4 heteroatoms. The molecule has 4 heavy (non-hydrogen) atoms. The number of halogens is 2. The molecule has 0 bridgehead atoms. The second kappa shape index (κ2) is 30.9. The van der Waals surface area contributed by atoms with Crippen LogP contribution in [0.4, 0.5) is 9.41 Å². The van der Waals surface area contributed by atoms with E-state index in [1.54, 1.807) is 0 Å². The van der Waals surface area contributed by atoms with Crippen LogP contribution >= 0.6 is 0 Å². The molecule has 0 rings (SSSR count). The van der Waals surface area contributed by atoms with Crippen molar-refractivity contribution in [2.45, 2.75) is 0 Å². The number of hydrogen-bond acceptors (Lipinski definition) is 0. The minimum Gasteiger partial charge on any atom is -1.00 e. The summed E-state index contributed by atoms with van der Waals surface area (Å²) in [6, 6.07) is 0. The molecule has 0 amide bonds. The molecule has 0 atom stereocenters. The molecule has 0 fully saturated rings. The summed E-state index contributed by atoms with van der Waals surface area (Å²) in [6.07, 6.45) is 0. The summed E-state index contributed by atoms with van der Waals surface area (Å²) in [7, 11) is 0. The average Bonchev–Trinajstić information content (AvgIpc) is 0. The van der Waals surface area contributed by atoms with Crippen molar-refractivity contribution in [1.82, 2.24) is 0 Å². The molecule has 0 nitrogen and oxygen atoms in total. The van der Waals surface area contributed by atoms with Crippen LogP contribution in [-0.2, 0) is 17.4 Å². The molecule has 26 valence electrons. The van der Waals surface area contributed by atoms with Gasteiger partial charge in [0.2, 0.25) is 0 Å². The van der Waals surface area contributed by atoms with Crippen LogP contribution in [0.3, 0.4) is 0 Å². The zero-order valence-corrected chi connectivity index (χ0v) is 4.62. The smallest absolute Gasteiger partial charge is 1.00 e. The van der Waals surface area contributed by atoms with E-state index in [0.717, 1.165) is 0 Å². The largest absolute Gasteiger partial charge is 2.00 e. The summed E-state index contributed by atoms with van der Waals surface area (Å²) in [4.78, 5) is 0. The summed E-state index contributed by atoms with van der Waals surface area (Å²) in [5, 5.41) is 0. The van der Waals surface area contributed by atoms with E-state index in [0.29, 0.717) is 0 Å². The third-order valence-corrected chi connectivity index (χ3v) is 0. The van der Waals surface area contributed by atoms with Crippen molar-refractivity contribution in [2.75, 3.05) is 0 Å². The Morgan fingerprint density at radius 1 is 1.00 bits per heavy atom. The van der Waals surface area contributed by atoms with Gasteiger partial charge in [-0.1, -0.05) is 0 Å². The SMILES string of the molecule is F.F.[Cr].[H-].[H-].[Mg+2]. The van der Waals surface area contributed by atoms with Gasteiger partial charge in [0.1, 0.15) is 0 Å². The van der Waals surface area contributed by atoms with Crippen molar-refractivity contribution < 1.29 is 29.6 Å². The van der Waals surface area contributed by atoms with Crippen molar-refractivity contribution in [3.63, 3.8) is 0 Å². The topological polar surface area (TPSA) is 0 Å². The van der Waals surface area contributed by atoms with Gasteiger partial charge in [-0.25, -0.2) is 0 Å². The molecular formula is H4CrF2Mg. The molecule has 0 saturated heterocycles. The Bertz CT molecular complexity index is 11.5. The van der Waals surface area contributed by atoms with E-state index in [1.807, 2.05) is 0 Å². The molecule has 0 aromatic heterocycles. The Morgan fingerprint density at radius 2 is 1.00 bits per heavy atom. The summed E-state index contributed by atoms with van der Waals surface area (Å²) in [5.41, 5.74) is 0. The van der Waals surface area contributed by atoms with Crippen molar-refractivity contribution in [3.8, 4) is 0 Å². The quantitative estimate of drug-likeness (QED) is 0.397. The zero-order valence-electron chi connectivity index (χ0n) is 3.93. The van der Waals surface area contributed by atoms with Gasteiger partial charge in [-0.2, -0.15) is 0 Å². The third kappa shape index (κ3) is 11.0. The predicted octanol–water partition coefficient (Wildman–Crippen LogP) is 0.147. The van der Waals surface area contributed by atoms with E-state index >= 15 is 0 Å². The molecule has 0 aliphatic rings. The van der Waals surface area contributed by atoms with Crippen LogP contribution in [0.1, 0.15) is 2.85 Å². The molecule has 0 aliphatic carbocycles. The fourth-order valence-electron chi connectivity index (χ4n) is 0. The van der Waals surface area contributed by atoms with Gasteiger partial charge in [0.15, 0.2) is 0 Å². The van der Waals surface area contributed by atoms with Crippen LogP contribution in [0, 0.1) is 0 Å². The van der Waals surface area contributed by atoms with Crippen molar-refractivity contribution in [3.05, 3.63) is 0 Å². The van der Waals surface area contributed by atoms with Gasteiger partial charge in [0.05, 0.1) is 0 Å². The van der Waals surface area contributed by atoms with E-state index in [1.165, 1.54) is 0 Å². The predicted molar refractivity (Wildman–Crippen MR) is 13.0 cm³/mol. The number of hydrogen-bond donors (Lipinski definition) is 0. The molecule has 0 aliphatic heterocycles. The minimum absolute atomic E-state index is 0. The monoisotopic (exact) mass is 118 g/mol. The summed E-state index contributed by atoms with van der Waals surface area (Å²) >= 11 is 0. The van der Waals surface area contributed by atoms with Gasteiger partial charge in [-0.05, 0) is 0 Å². The normalized spacial score (nSPS) is 0. The molecule has 0 heterocycles. The molecule has 0 aromatic carbocycles. The van der Waals surface area contributed by atoms with E-state index in [9.17, 15) is 0 Å². The first-order chi connectivity index (χ1) is 0. The molecule has 0 aromatic rings. The maximum absolute atomic E-state index is 0. The second-order valence-corrected chi connectivity index (χ2v) is 0. The molecular weight excluding hydrogens is 114 g/mol. The molecule has 0 saturated carbocycles. The minimum atomic E-state index is 0. The van der Waals surface area contributed by atoms with Gasteiger partial charge in [-0.15, -0.1) is 0 Å². The number of rotatable bonds is 0. The first-order valence-corrected chi connectivity index (χ1v) is 0. The molecule has 0 N–H and O–H groups in total. The van der Waals surface area contributed by atoms with Gasteiger partial charge < -0.3 is 2.85 Å². The molecule has 0 spiro atoms. The van der Waals surface area contributed by atoms with Crippen molar-refractivity contribution >= 4 is 23.1 Å². The Morgan fingerprint density at radius 3 is 1.00 bits per heavy atom. The first kappa shape index (κ1) is 66.5. The fourth-order valence-corrected chi connectivity index (χ4v) is 0. The van der Waals surface area contributed by atoms with Gasteiger partial charge in [0, 0.05) is 17.4 Å². The van der Waals surface area contributed by atoms with Crippen molar-refractivity contribution in [1.29, 1.82) is 0 Å². The van der Waals surface area contributed by atoms with Crippen LogP contribution in [0.5, 0.6) is 0 Å². The Balaban J connectivity index is 0. The van der Waals surface area contributed by atoms with Crippen molar-refractivity contribution in [2.24, 2.45) is 0 Å². The Hall–Kier alpha value is 1.16. The summed E-state index contributed by atoms with van der Waals surface area (Å²) < 4.78 is 0. The fraction of sp³-hybridized carbons (Fsp3) is 0. The molecule has 0 unspecified atom stereocenters. The van der Waals surface area contributed by atoms with Crippen LogP contribution < -0.4 is 0 Å². The summed E-state index contributed by atoms with van der Waals surface area (Å²) in [5.74, 6) is 0. The van der Waals surface area contributed by atoms with Crippen LogP contribution in [-0.4, -0.2) is 23.1 Å². The van der Waals surface area contributed by atoms with Crippen LogP contribution in [0.25, 0.3) is 0 Å². The van der Waals surface area contributed by atoms with E-state index in [2.05, 4.69) is 0 Å². The van der Waals surface area contributed by atoms with E-state index in [4.69, 9.17) is 0 Å². The van der Waals surface area contributed by atoms with Gasteiger partial charge in [0.25, 0.3) is 0 Å². The van der Waals surface area contributed by atoms with E-state index in [-0.39, 0.29) is 52.7 Å². The molecule has 0 radical (unpaired) electrons. The second-order valence-electron chi connectivity index (χ2n) is 0. The third-order valence-electron chi connectivity index (χ3n) is 0. The van der Waals surface area contributed by atoms with Gasteiger partial charge >= 0.3 is 23.1 Å².